The summed E-state index contributed by atoms with van der Waals surface area (Å²) in [7, 11) is 0. The molecule has 0 radical (unpaired) electrons. The Morgan fingerprint density at radius 2 is 2.00 bits per heavy atom. The standard InChI is InChI=1S/C22H18ClFN6O2/c23-15-5-8-17(25-10-15)28-21(31)14-2-1-9-30(11-14)20-18-19(13-3-6-16(24)7-4-13)29-32-22(18)27-12-26-20/h3-8,10,12,14H,1-2,9,11H2,(H,25,28,31)/t14-/m1/s1. The van der Waals surface area contributed by atoms with Gasteiger partial charge in [0.1, 0.15) is 34.9 Å². The molecule has 4 aromatic rings. The minimum absolute atomic E-state index is 0.112. The first-order valence-corrected chi connectivity index (χ1v) is 10.5. The van der Waals surface area contributed by atoms with Crippen molar-refractivity contribution in [2.75, 3.05) is 23.3 Å². The first-order valence-electron chi connectivity index (χ1n) is 10.1. The van der Waals surface area contributed by atoms with Crippen molar-refractivity contribution in [3.05, 3.63) is 59.8 Å². The Balaban J connectivity index is 1.42. The number of nitrogens with zero attached hydrogens (tertiary/aromatic N) is 5. The van der Waals surface area contributed by atoms with Gasteiger partial charge in [0.05, 0.1) is 10.9 Å². The fourth-order valence-corrected chi connectivity index (χ4v) is 3.99. The summed E-state index contributed by atoms with van der Waals surface area (Å²) in [4.78, 5) is 27.7. The molecule has 10 heteroatoms. The first kappa shape index (κ1) is 20.3. The molecule has 0 bridgehead atoms. The van der Waals surface area contributed by atoms with Crippen molar-refractivity contribution in [2.24, 2.45) is 5.92 Å². The number of benzene rings is 1. The van der Waals surface area contributed by atoms with E-state index in [1.807, 2.05) is 4.90 Å². The minimum atomic E-state index is -0.335. The maximum Gasteiger partial charge on any atom is 0.263 e. The Hall–Kier alpha value is -3.59. The number of hydrogen-bond acceptors (Lipinski definition) is 7. The molecule has 32 heavy (non-hydrogen) atoms. The molecule has 8 nitrogen and oxygen atoms in total. The van der Waals surface area contributed by atoms with Crippen molar-refractivity contribution < 1.29 is 13.7 Å². The average Bonchev–Trinajstić information content (AvgIpc) is 3.25. The van der Waals surface area contributed by atoms with E-state index in [-0.39, 0.29) is 17.6 Å². The van der Waals surface area contributed by atoms with Crippen molar-refractivity contribution >= 4 is 40.2 Å². The molecule has 5 rings (SSSR count). The van der Waals surface area contributed by atoms with E-state index < -0.39 is 0 Å². The second-order valence-electron chi connectivity index (χ2n) is 7.55. The fraction of sp³-hybridized carbons (Fsp3) is 0.227. The third kappa shape index (κ3) is 3.99. The number of pyridine rings is 1. The van der Waals surface area contributed by atoms with Gasteiger partial charge in [-0.2, -0.15) is 4.98 Å². The molecule has 0 saturated carbocycles. The Kier molecular flexibility index (Phi) is 5.40. The summed E-state index contributed by atoms with van der Waals surface area (Å²) in [5.41, 5.74) is 1.57. The van der Waals surface area contributed by atoms with Gasteiger partial charge in [-0.3, -0.25) is 4.79 Å². The predicted molar refractivity (Wildman–Crippen MR) is 118 cm³/mol. The van der Waals surface area contributed by atoms with Crippen LogP contribution in [0.2, 0.25) is 5.02 Å². The highest BCUT2D eigenvalue weighted by molar-refractivity contribution is 6.30. The van der Waals surface area contributed by atoms with Crippen molar-refractivity contribution in [1.82, 2.24) is 20.1 Å². The summed E-state index contributed by atoms with van der Waals surface area (Å²) < 4.78 is 18.8. The van der Waals surface area contributed by atoms with Gasteiger partial charge >= 0.3 is 0 Å². The van der Waals surface area contributed by atoms with E-state index in [9.17, 15) is 9.18 Å². The van der Waals surface area contributed by atoms with E-state index in [1.165, 1.54) is 24.7 Å². The third-order valence-corrected chi connectivity index (χ3v) is 5.66. The number of amides is 1. The molecule has 162 valence electrons. The van der Waals surface area contributed by atoms with Gasteiger partial charge in [-0.05, 0) is 49.2 Å². The largest absolute Gasteiger partial charge is 0.355 e. The molecule has 3 aromatic heterocycles. The van der Waals surface area contributed by atoms with E-state index in [4.69, 9.17) is 16.1 Å². The van der Waals surface area contributed by atoms with Crippen LogP contribution >= 0.6 is 11.6 Å². The van der Waals surface area contributed by atoms with Crippen LogP contribution in [-0.2, 0) is 4.79 Å². The van der Waals surface area contributed by atoms with Crippen LogP contribution < -0.4 is 10.2 Å². The molecule has 1 amide bonds. The van der Waals surface area contributed by atoms with Gasteiger partial charge in [0.15, 0.2) is 0 Å². The number of halogens is 2. The summed E-state index contributed by atoms with van der Waals surface area (Å²) in [5, 5.41) is 8.14. The molecule has 0 spiro atoms. The molecular weight excluding hydrogens is 435 g/mol. The van der Waals surface area contributed by atoms with Gasteiger partial charge in [-0.1, -0.05) is 16.8 Å². The van der Waals surface area contributed by atoms with E-state index in [0.29, 0.717) is 45.6 Å². The third-order valence-electron chi connectivity index (χ3n) is 5.44. The number of carbonyl (C=O) groups is 1. The molecule has 0 aliphatic carbocycles. The van der Waals surface area contributed by atoms with E-state index >= 15 is 0 Å². The van der Waals surface area contributed by atoms with Gasteiger partial charge in [0.25, 0.3) is 5.71 Å². The van der Waals surface area contributed by atoms with E-state index in [1.54, 1.807) is 24.3 Å². The summed E-state index contributed by atoms with van der Waals surface area (Å²) >= 11 is 5.86. The maximum atomic E-state index is 13.4. The zero-order valence-electron chi connectivity index (χ0n) is 16.8. The topological polar surface area (TPSA) is 97.0 Å². The van der Waals surface area contributed by atoms with Crippen LogP contribution in [-0.4, -0.2) is 39.1 Å². The zero-order valence-corrected chi connectivity index (χ0v) is 17.6. The number of nitrogens with one attached hydrogen (secondary N) is 1. The monoisotopic (exact) mass is 452 g/mol. The Morgan fingerprint density at radius 3 is 2.78 bits per heavy atom. The Bertz CT molecular complexity index is 1260. The van der Waals surface area contributed by atoms with Crippen LogP contribution in [0.1, 0.15) is 12.8 Å². The van der Waals surface area contributed by atoms with Gasteiger partial charge in [0.2, 0.25) is 5.91 Å². The Labute approximate surface area is 187 Å². The fourth-order valence-electron chi connectivity index (χ4n) is 3.88. The molecule has 1 aliphatic heterocycles. The number of hydrogen-bond donors (Lipinski definition) is 1. The second kappa shape index (κ2) is 8.51. The minimum Gasteiger partial charge on any atom is -0.355 e. The zero-order chi connectivity index (χ0) is 22.1. The highest BCUT2D eigenvalue weighted by Gasteiger charge is 2.29. The van der Waals surface area contributed by atoms with Crippen LogP contribution in [0.3, 0.4) is 0 Å². The summed E-state index contributed by atoms with van der Waals surface area (Å²) in [6.07, 6.45) is 4.47. The van der Waals surface area contributed by atoms with Crippen LogP contribution in [0.25, 0.3) is 22.4 Å². The van der Waals surface area contributed by atoms with Gasteiger partial charge in [-0.15, -0.1) is 0 Å². The highest BCUT2D eigenvalue weighted by Crippen LogP contribution is 2.35. The number of aromatic nitrogens is 4. The van der Waals surface area contributed by atoms with Crippen LogP contribution in [0, 0.1) is 11.7 Å². The summed E-state index contributed by atoms with van der Waals surface area (Å²) in [5.74, 6) is 0.397. The predicted octanol–water partition coefficient (Wildman–Crippen LogP) is 4.33. The number of carbonyl (C=O) groups excluding carboxylic acids is 1. The lowest BCUT2D eigenvalue weighted by molar-refractivity contribution is -0.120. The lowest BCUT2D eigenvalue weighted by Crippen LogP contribution is -2.41. The van der Waals surface area contributed by atoms with Crippen molar-refractivity contribution in [2.45, 2.75) is 12.8 Å². The SMILES string of the molecule is O=C(Nc1ccc(Cl)cn1)[C@@H]1CCCN(c2ncnc3onc(-c4ccc(F)cc4)c23)C1. The lowest BCUT2D eigenvalue weighted by Gasteiger charge is -2.33. The quantitative estimate of drug-likeness (QED) is 0.492. The second-order valence-corrected chi connectivity index (χ2v) is 7.99. The van der Waals surface area contributed by atoms with Crippen molar-refractivity contribution in [3.63, 3.8) is 0 Å². The number of piperidine rings is 1. The van der Waals surface area contributed by atoms with Crippen molar-refractivity contribution in [3.8, 4) is 11.3 Å². The summed E-state index contributed by atoms with van der Waals surface area (Å²) in [6.45, 7) is 1.20. The molecule has 1 aliphatic rings. The summed E-state index contributed by atoms with van der Waals surface area (Å²) in [6, 6.07) is 9.35. The molecule has 4 heterocycles. The molecule has 1 atom stereocenters. The normalized spacial score (nSPS) is 16.3. The number of rotatable bonds is 4. The van der Waals surface area contributed by atoms with Gasteiger partial charge < -0.3 is 14.7 Å². The smallest absolute Gasteiger partial charge is 0.263 e. The van der Waals surface area contributed by atoms with Crippen LogP contribution in [0.5, 0.6) is 0 Å². The highest BCUT2D eigenvalue weighted by atomic mass is 35.5. The molecule has 1 saturated heterocycles. The molecular formula is C22H18ClFN6O2. The molecule has 0 unspecified atom stereocenters. The molecule has 1 fully saturated rings. The number of anilines is 2. The van der Waals surface area contributed by atoms with Gasteiger partial charge in [0, 0.05) is 24.8 Å². The van der Waals surface area contributed by atoms with E-state index in [0.717, 1.165) is 19.4 Å². The van der Waals surface area contributed by atoms with Gasteiger partial charge in [-0.25, -0.2) is 14.4 Å². The average molecular weight is 453 g/mol. The molecule has 1 aromatic carbocycles. The Morgan fingerprint density at radius 1 is 1.16 bits per heavy atom. The van der Waals surface area contributed by atoms with Crippen LogP contribution in [0.15, 0.2) is 53.4 Å². The lowest BCUT2D eigenvalue weighted by atomic mass is 9.96. The first-order chi connectivity index (χ1) is 15.6. The molecule has 1 N–H and O–H groups in total. The number of fused-ring (bicyclic) bond motifs is 1. The van der Waals surface area contributed by atoms with E-state index in [2.05, 4.69) is 25.4 Å². The van der Waals surface area contributed by atoms with Crippen LogP contribution in [0.4, 0.5) is 16.0 Å². The van der Waals surface area contributed by atoms with Crippen molar-refractivity contribution in [1.29, 1.82) is 0 Å². The maximum absolute atomic E-state index is 13.4.